The average molecular weight is 809 g/mol. The van der Waals surface area contributed by atoms with Gasteiger partial charge in [-0.3, -0.25) is 14.9 Å². The third-order valence-electron chi connectivity index (χ3n) is 7.31. The van der Waals surface area contributed by atoms with Crippen molar-refractivity contribution in [3.63, 3.8) is 0 Å². The summed E-state index contributed by atoms with van der Waals surface area (Å²) in [6.45, 7) is 7.65. The van der Waals surface area contributed by atoms with Gasteiger partial charge in [-0.15, -0.1) is 0 Å². The van der Waals surface area contributed by atoms with Crippen molar-refractivity contribution < 1.29 is 38.1 Å². The van der Waals surface area contributed by atoms with Crippen molar-refractivity contribution in [1.82, 2.24) is 5.32 Å². The van der Waals surface area contributed by atoms with Crippen LogP contribution in [-0.2, 0) is 22.8 Å². The first kappa shape index (κ1) is 36.5. The van der Waals surface area contributed by atoms with Gasteiger partial charge in [0.2, 0.25) is 0 Å². The Labute approximate surface area is 307 Å². The second-order valence-electron chi connectivity index (χ2n) is 11.0. The highest BCUT2D eigenvalue weighted by Gasteiger charge is 2.37. The second kappa shape index (κ2) is 17.2. The maximum atomic E-state index is 13.6. The predicted molar refractivity (Wildman–Crippen MR) is 197 cm³/mol. The van der Waals surface area contributed by atoms with Gasteiger partial charge in [-0.25, -0.2) is 9.69 Å². The van der Waals surface area contributed by atoms with Crippen LogP contribution in [0.4, 0.5) is 10.5 Å². The van der Waals surface area contributed by atoms with E-state index in [1.165, 1.54) is 6.08 Å². The molecule has 1 saturated heterocycles. The molecule has 50 heavy (non-hydrogen) atoms. The first-order valence-corrected chi connectivity index (χ1v) is 17.7. The van der Waals surface area contributed by atoms with Crippen molar-refractivity contribution in [3.8, 4) is 28.7 Å². The van der Waals surface area contributed by atoms with E-state index in [2.05, 4.69) is 37.2 Å². The zero-order chi connectivity index (χ0) is 35.6. The lowest BCUT2D eigenvalue weighted by Gasteiger charge is -2.27. The first-order chi connectivity index (χ1) is 24.2. The molecule has 0 radical (unpaired) electrons. The van der Waals surface area contributed by atoms with Crippen LogP contribution < -0.4 is 33.9 Å². The van der Waals surface area contributed by atoms with Crippen molar-refractivity contribution in [2.75, 3.05) is 24.7 Å². The number of barbiturate groups is 1. The molecule has 4 aromatic carbocycles. The Balaban J connectivity index is 1.32. The van der Waals surface area contributed by atoms with Gasteiger partial charge in [-0.2, -0.15) is 0 Å². The van der Waals surface area contributed by atoms with E-state index in [1.807, 2.05) is 69.3 Å². The maximum Gasteiger partial charge on any atom is 0.335 e. The van der Waals surface area contributed by atoms with Gasteiger partial charge >= 0.3 is 6.03 Å². The van der Waals surface area contributed by atoms with Crippen LogP contribution in [0.25, 0.3) is 6.08 Å². The van der Waals surface area contributed by atoms with Gasteiger partial charge in [0.1, 0.15) is 24.5 Å². The molecule has 1 aliphatic rings. The Kier molecular flexibility index (Phi) is 12.6. The fraction of sp³-hybridized carbons (Fsp3) is 0.237. The number of halogens is 2. The summed E-state index contributed by atoms with van der Waals surface area (Å²) in [5.74, 6) is 1.04. The van der Waals surface area contributed by atoms with Crippen molar-refractivity contribution in [2.24, 2.45) is 0 Å². The minimum atomic E-state index is -0.865. The number of nitrogens with one attached hydrogen (secondary N) is 1. The molecule has 10 nitrogen and oxygen atoms in total. The number of benzene rings is 4. The molecule has 1 N–H and O–H groups in total. The van der Waals surface area contributed by atoms with Crippen LogP contribution in [0, 0.1) is 0 Å². The van der Waals surface area contributed by atoms with E-state index in [9.17, 15) is 14.4 Å². The number of urea groups is 1. The van der Waals surface area contributed by atoms with Crippen molar-refractivity contribution in [3.05, 3.63) is 110 Å². The summed E-state index contributed by atoms with van der Waals surface area (Å²) < 4.78 is 30.6. The van der Waals surface area contributed by atoms with E-state index in [1.54, 1.807) is 30.3 Å². The Bertz CT molecular complexity index is 1870. The molecular formula is C38H36Br2N2O8. The number of imide groups is 2. The summed E-state index contributed by atoms with van der Waals surface area (Å²) in [5.41, 5.74) is 2.43. The quantitative estimate of drug-likeness (QED) is 0.0939. The number of carbonyl (C=O) groups excluding carboxylic acids is 3. The van der Waals surface area contributed by atoms with Crippen LogP contribution >= 0.6 is 31.9 Å². The summed E-state index contributed by atoms with van der Waals surface area (Å²) in [5, 5.41) is 2.26. The molecule has 1 fully saturated rings. The van der Waals surface area contributed by atoms with Gasteiger partial charge in [0, 0.05) is 6.07 Å². The largest absolute Gasteiger partial charge is 0.490 e. The topological polar surface area (TPSA) is 113 Å². The number of ether oxygens (including phenoxy) is 5. The summed E-state index contributed by atoms with van der Waals surface area (Å²) in [6, 6.07) is 22.9. The molecule has 0 atom stereocenters. The van der Waals surface area contributed by atoms with E-state index in [-0.39, 0.29) is 17.9 Å². The fourth-order valence-corrected chi connectivity index (χ4v) is 6.47. The molecule has 0 aliphatic carbocycles. The van der Waals surface area contributed by atoms with Crippen LogP contribution in [0.3, 0.4) is 0 Å². The van der Waals surface area contributed by atoms with Crippen molar-refractivity contribution >= 4 is 61.5 Å². The van der Waals surface area contributed by atoms with E-state index in [4.69, 9.17) is 23.7 Å². The number of hydrogen-bond acceptors (Lipinski definition) is 8. The lowest BCUT2D eigenvalue weighted by molar-refractivity contribution is -0.122. The highest BCUT2D eigenvalue weighted by Crippen LogP contribution is 2.38. The first-order valence-electron chi connectivity index (χ1n) is 16.1. The minimum absolute atomic E-state index is 0.223. The van der Waals surface area contributed by atoms with Crippen LogP contribution in [-0.4, -0.2) is 37.7 Å². The van der Waals surface area contributed by atoms with Gasteiger partial charge < -0.3 is 23.7 Å². The fourth-order valence-electron chi connectivity index (χ4n) is 5.02. The second-order valence-corrected chi connectivity index (χ2v) is 12.7. The molecule has 0 unspecified atom stereocenters. The number of anilines is 1. The molecule has 12 heteroatoms. The highest BCUT2D eigenvalue weighted by atomic mass is 79.9. The van der Waals surface area contributed by atoms with Crippen molar-refractivity contribution in [1.29, 1.82) is 0 Å². The maximum absolute atomic E-state index is 13.6. The monoisotopic (exact) mass is 806 g/mol. The lowest BCUT2D eigenvalue weighted by atomic mass is 10.1. The predicted octanol–water partition coefficient (Wildman–Crippen LogP) is 8.62. The summed E-state index contributed by atoms with van der Waals surface area (Å²) in [4.78, 5) is 40.3. The molecule has 1 heterocycles. The van der Waals surface area contributed by atoms with E-state index in [0.29, 0.717) is 69.7 Å². The minimum Gasteiger partial charge on any atom is -0.490 e. The molecule has 0 saturated carbocycles. The summed E-state index contributed by atoms with van der Waals surface area (Å²) >= 11 is 7.12. The molecule has 260 valence electrons. The van der Waals surface area contributed by atoms with Gasteiger partial charge in [-0.05, 0) is 111 Å². The van der Waals surface area contributed by atoms with Crippen LogP contribution in [0.2, 0.25) is 0 Å². The van der Waals surface area contributed by atoms with Gasteiger partial charge in [0.05, 0.1) is 34.5 Å². The van der Waals surface area contributed by atoms with Crippen LogP contribution in [0.1, 0.15) is 43.9 Å². The Morgan fingerprint density at radius 1 is 0.680 bits per heavy atom. The van der Waals surface area contributed by atoms with E-state index in [0.717, 1.165) is 22.4 Å². The summed E-state index contributed by atoms with van der Waals surface area (Å²) in [7, 11) is 0. The zero-order valence-electron chi connectivity index (χ0n) is 27.8. The Morgan fingerprint density at radius 3 is 2.00 bits per heavy atom. The molecule has 4 amide bonds. The van der Waals surface area contributed by atoms with Gasteiger partial charge in [-0.1, -0.05) is 43.3 Å². The zero-order valence-corrected chi connectivity index (χ0v) is 31.0. The molecule has 5 rings (SSSR count). The Morgan fingerprint density at radius 2 is 1.32 bits per heavy atom. The Hall–Kier alpha value is -4.81. The summed E-state index contributed by atoms with van der Waals surface area (Å²) in [6.07, 6.45) is 2.21. The number of hydrogen-bond donors (Lipinski definition) is 1. The molecule has 0 aromatic heterocycles. The van der Waals surface area contributed by atoms with Crippen LogP contribution in [0.5, 0.6) is 28.7 Å². The number of rotatable bonds is 15. The SMILES string of the molecule is CCCOc1ccc(N2C(=O)NC(=O)/C(=C\c3cc(Br)c(OCc4ccc(OCc5ccccc5)c(OCC)c4)c(Br)c3)C2=O)cc1OCC. The third kappa shape index (κ3) is 8.85. The number of amides is 4. The third-order valence-corrected chi connectivity index (χ3v) is 8.49. The lowest BCUT2D eigenvalue weighted by Crippen LogP contribution is -2.54. The van der Waals surface area contributed by atoms with Gasteiger partial charge in [0.15, 0.2) is 23.0 Å². The molecule has 0 spiro atoms. The normalized spacial score (nSPS) is 13.7. The standard InChI is InChI=1S/C38H36Br2N2O8/c1-4-16-48-31-15-13-27(21-34(31)47-6-3)42-37(44)28(36(43)41-38(42)45)17-26-18-29(39)35(30(40)19-26)50-23-25-12-14-32(33(20-25)46-5-2)49-22-24-10-8-7-9-11-24/h7-15,17-21H,4-6,16,22-23H2,1-3H3,(H,41,43,45)/b28-17+. The molecule has 0 bridgehead atoms. The molecule has 4 aromatic rings. The molecular weight excluding hydrogens is 772 g/mol. The number of carbonyl (C=O) groups is 3. The van der Waals surface area contributed by atoms with E-state index < -0.39 is 17.8 Å². The van der Waals surface area contributed by atoms with Gasteiger partial charge in [0.25, 0.3) is 11.8 Å². The molecule has 1 aliphatic heterocycles. The number of nitrogens with zero attached hydrogens (tertiary/aromatic N) is 1. The van der Waals surface area contributed by atoms with E-state index >= 15 is 0 Å². The van der Waals surface area contributed by atoms with Crippen molar-refractivity contribution in [2.45, 2.75) is 40.4 Å². The smallest absolute Gasteiger partial charge is 0.335 e. The van der Waals surface area contributed by atoms with Crippen LogP contribution in [0.15, 0.2) is 93.4 Å². The average Bonchev–Trinajstić information content (AvgIpc) is 3.09. The highest BCUT2D eigenvalue weighted by molar-refractivity contribution is 9.11.